The van der Waals surface area contributed by atoms with E-state index in [0.717, 1.165) is 12.7 Å². The van der Waals surface area contributed by atoms with Crippen molar-refractivity contribution >= 4 is 6.29 Å². The first kappa shape index (κ1) is 7.53. The summed E-state index contributed by atoms with van der Waals surface area (Å²) >= 11 is 0. The van der Waals surface area contributed by atoms with Gasteiger partial charge in [0.2, 0.25) is 0 Å². The summed E-state index contributed by atoms with van der Waals surface area (Å²) in [5.74, 6) is 0.525. The van der Waals surface area contributed by atoms with Crippen molar-refractivity contribution in [1.29, 1.82) is 0 Å². The predicted octanol–water partition coefficient (Wildman–Crippen LogP) is 2.16. The molecule has 1 nitrogen and oxygen atoms in total. The molecule has 0 saturated heterocycles. The van der Waals surface area contributed by atoms with E-state index in [1.807, 2.05) is 30.3 Å². The van der Waals surface area contributed by atoms with Gasteiger partial charge in [0.05, 0.1) is 5.41 Å². The van der Waals surface area contributed by atoms with E-state index >= 15 is 0 Å². The molecule has 1 aliphatic carbocycles. The first-order valence-electron chi connectivity index (χ1n) is 4.31. The van der Waals surface area contributed by atoms with Crippen molar-refractivity contribution in [2.45, 2.75) is 18.8 Å². The monoisotopic (exact) mass is 160 g/mol. The van der Waals surface area contributed by atoms with E-state index < -0.39 is 0 Å². The fraction of sp³-hybridized carbons (Fsp3) is 0.364. The van der Waals surface area contributed by atoms with E-state index in [0.29, 0.717) is 5.92 Å². The lowest BCUT2D eigenvalue weighted by Gasteiger charge is -2.07. The molecule has 1 saturated carbocycles. The highest BCUT2D eigenvalue weighted by atomic mass is 16.1. The van der Waals surface area contributed by atoms with Gasteiger partial charge in [0.1, 0.15) is 6.29 Å². The smallest absolute Gasteiger partial charge is 0.130 e. The Morgan fingerprint density at radius 2 is 2.00 bits per heavy atom. The lowest BCUT2D eigenvalue weighted by Crippen LogP contribution is -2.10. The van der Waals surface area contributed by atoms with E-state index in [-0.39, 0.29) is 5.41 Å². The highest BCUT2D eigenvalue weighted by Crippen LogP contribution is 2.52. The Hall–Kier alpha value is -1.11. The van der Waals surface area contributed by atoms with Crippen molar-refractivity contribution in [1.82, 2.24) is 0 Å². The van der Waals surface area contributed by atoms with Gasteiger partial charge in [-0.2, -0.15) is 0 Å². The molecule has 1 fully saturated rings. The largest absolute Gasteiger partial charge is 0.302 e. The molecule has 62 valence electrons. The standard InChI is InChI=1S/C11H12O/c1-9-7-11(9,8-12)10-5-3-2-4-6-10/h2-6,8-9H,7H2,1H3. The number of carbonyl (C=O) groups is 1. The summed E-state index contributed by atoms with van der Waals surface area (Å²) in [5, 5.41) is 0. The first-order chi connectivity index (χ1) is 5.79. The van der Waals surface area contributed by atoms with Crippen LogP contribution in [-0.2, 0) is 10.2 Å². The van der Waals surface area contributed by atoms with Gasteiger partial charge in [0.15, 0.2) is 0 Å². The minimum absolute atomic E-state index is 0.138. The van der Waals surface area contributed by atoms with Crippen molar-refractivity contribution < 1.29 is 4.79 Å². The maximum atomic E-state index is 10.9. The molecular weight excluding hydrogens is 148 g/mol. The van der Waals surface area contributed by atoms with Gasteiger partial charge in [0, 0.05) is 0 Å². The van der Waals surface area contributed by atoms with Crippen molar-refractivity contribution in [2.75, 3.05) is 0 Å². The van der Waals surface area contributed by atoms with Gasteiger partial charge in [-0.3, -0.25) is 0 Å². The maximum Gasteiger partial charge on any atom is 0.130 e. The molecule has 2 unspecified atom stereocenters. The van der Waals surface area contributed by atoms with E-state index in [2.05, 4.69) is 6.92 Å². The van der Waals surface area contributed by atoms with Gasteiger partial charge >= 0.3 is 0 Å². The van der Waals surface area contributed by atoms with Crippen LogP contribution in [0.25, 0.3) is 0 Å². The van der Waals surface area contributed by atoms with Crippen LogP contribution >= 0.6 is 0 Å². The van der Waals surface area contributed by atoms with E-state index in [1.165, 1.54) is 5.56 Å². The third-order valence-corrected chi connectivity index (χ3v) is 2.88. The molecule has 1 aromatic carbocycles. The Bertz CT molecular complexity index is 291. The lowest BCUT2D eigenvalue weighted by molar-refractivity contribution is -0.110. The second-order valence-electron chi connectivity index (χ2n) is 3.63. The molecule has 1 aromatic rings. The van der Waals surface area contributed by atoms with Crippen LogP contribution in [0.2, 0.25) is 0 Å². The molecule has 0 aliphatic heterocycles. The first-order valence-corrected chi connectivity index (χ1v) is 4.31. The second-order valence-corrected chi connectivity index (χ2v) is 3.63. The molecule has 1 heteroatoms. The average Bonchev–Trinajstić information content (AvgIpc) is 2.80. The Morgan fingerprint density at radius 3 is 2.42 bits per heavy atom. The van der Waals surface area contributed by atoms with Crippen LogP contribution in [0.15, 0.2) is 30.3 Å². The minimum atomic E-state index is -0.138. The molecule has 0 aromatic heterocycles. The molecule has 0 radical (unpaired) electrons. The van der Waals surface area contributed by atoms with E-state index in [9.17, 15) is 4.79 Å². The summed E-state index contributed by atoms with van der Waals surface area (Å²) in [4.78, 5) is 10.9. The highest BCUT2D eigenvalue weighted by Gasteiger charge is 2.52. The number of rotatable bonds is 2. The lowest BCUT2D eigenvalue weighted by atomic mass is 9.95. The Balaban J connectivity index is 2.37. The van der Waals surface area contributed by atoms with Gasteiger partial charge in [-0.15, -0.1) is 0 Å². The van der Waals surface area contributed by atoms with Gasteiger partial charge < -0.3 is 4.79 Å². The van der Waals surface area contributed by atoms with Crippen LogP contribution in [0.1, 0.15) is 18.9 Å². The zero-order valence-electron chi connectivity index (χ0n) is 7.16. The third-order valence-electron chi connectivity index (χ3n) is 2.88. The molecule has 1 aliphatic rings. The Morgan fingerprint density at radius 1 is 1.42 bits per heavy atom. The zero-order valence-corrected chi connectivity index (χ0v) is 7.16. The normalized spacial score (nSPS) is 32.9. The van der Waals surface area contributed by atoms with Crippen molar-refractivity contribution in [3.05, 3.63) is 35.9 Å². The minimum Gasteiger partial charge on any atom is -0.302 e. The fourth-order valence-corrected chi connectivity index (χ4v) is 1.83. The van der Waals surface area contributed by atoms with Crippen LogP contribution in [0.5, 0.6) is 0 Å². The van der Waals surface area contributed by atoms with Crippen LogP contribution in [0, 0.1) is 5.92 Å². The van der Waals surface area contributed by atoms with Crippen LogP contribution in [-0.4, -0.2) is 6.29 Å². The molecule has 0 heterocycles. The SMILES string of the molecule is CC1CC1(C=O)c1ccccc1. The summed E-state index contributed by atoms with van der Waals surface area (Å²) < 4.78 is 0. The van der Waals surface area contributed by atoms with Gasteiger partial charge in [-0.05, 0) is 17.9 Å². The van der Waals surface area contributed by atoms with E-state index in [1.54, 1.807) is 0 Å². The number of hydrogen-bond acceptors (Lipinski definition) is 1. The molecule has 0 amide bonds. The number of carbonyl (C=O) groups excluding carboxylic acids is 1. The summed E-state index contributed by atoms with van der Waals surface area (Å²) in [6, 6.07) is 10.0. The quantitative estimate of drug-likeness (QED) is 0.606. The third kappa shape index (κ3) is 0.893. The van der Waals surface area contributed by atoms with Crippen LogP contribution < -0.4 is 0 Å². The van der Waals surface area contributed by atoms with Crippen molar-refractivity contribution in [3.63, 3.8) is 0 Å². The summed E-state index contributed by atoms with van der Waals surface area (Å²) in [5.41, 5.74) is 1.04. The van der Waals surface area contributed by atoms with Crippen molar-refractivity contribution in [2.24, 2.45) is 5.92 Å². The van der Waals surface area contributed by atoms with Crippen LogP contribution in [0.4, 0.5) is 0 Å². The number of hydrogen-bond donors (Lipinski definition) is 0. The topological polar surface area (TPSA) is 17.1 Å². The van der Waals surface area contributed by atoms with Crippen LogP contribution in [0.3, 0.4) is 0 Å². The molecular formula is C11H12O. The highest BCUT2D eigenvalue weighted by molar-refractivity contribution is 5.74. The second kappa shape index (κ2) is 2.44. The Kier molecular flexibility index (Phi) is 1.53. The summed E-state index contributed by atoms with van der Waals surface area (Å²) in [6.45, 7) is 2.13. The molecule has 2 atom stereocenters. The maximum absolute atomic E-state index is 10.9. The predicted molar refractivity (Wildman–Crippen MR) is 48.0 cm³/mol. The number of benzene rings is 1. The molecule has 12 heavy (non-hydrogen) atoms. The van der Waals surface area contributed by atoms with Crippen molar-refractivity contribution in [3.8, 4) is 0 Å². The van der Waals surface area contributed by atoms with Gasteiger partial charge in [-0.1, -0.05) is 37.3 Å². The average molecular weight is 160 g/mol. The van der Waals surface area contributed by atoms with Gasteiger partial charge in [0.25, 0.3) is 0 Å². The molecule has 0 bridgehead atoms. The molecule has 0 N–H and O–H groups in total. The molecule has 0 spiro atoms. The fourth-order valence-electron chi connectivity index (χ4n) is 1.83. The van der Waals surface area contributed by atoms with E-state index in [4.69, 9.17) is 0 Å². The number of aldehydes is 1. The molecule has 2 rings (SSSR count). The Labute approximate surface area is 72.4 Å². The summed E-state index contributed by atoms with van der Waals surface area (Å²) in [7, 11) is 0. The summed E-state index contributed by atoms with van der Waals surface area (Å²) in [6.07, 6.45) is 2.12. The zero-order chi connectivity index (χ0) is 8.60. The van der Waals surface area contributed by atoms with Gasteiger partial charge in [-0.25, -0.2) is 0 Å².